The van der Waals surface area contributed by atoms with Crippen LogP contribution >= 0.6 is 0 Å². The Balaban J connectivity index is 0.000000418. The van der Waals surface area contributed by atoms with Crippen LogP contribution in [0, 0.1) is 10.2 Å². The van der Waals surface area contributed by atoms with Gasteiger partial charge in [0.2, 0.25) is 0 Å². The minimum atomic E-state index is -4.94. The van der Waals surface area contributed by atoms with Gasteiger partial charge in [-0.2, -0.15) is 0 Å². The Bertz CT molecular complexity index is 1230. The van der Waals surface area contributed by atoms with Gasteiger partial charge in [0.1, 0.15) is 0 Å². The van der Waals surface area contributed by atoms with Crippen LogP contribution in [0.3, 0.4) is 0 Å². The SMILES string of the molecule is [O-][Cl+3]([O-])([O-])[O-].c1ccc2c(-c3cc[o+]c(-c4cccc5ccccc45)c3)cccc2c1. The van der Waals surface area contributed by atoms with Gasteiger partial charge in [0.05, 0.1) is 11.6 Å². The van der Waals surface area contributed by atoms with E-state index in [4.69, 9.17) is 23.1 Å². The zero-order chi connectivity index (χ0) is 21.8. The second-order valence-corrected chi connectivity index (χ2v) is 7.57. The van der Waals surface area contributed by atoms with Crippen molar-refractivity contribution in [1.29, 1.82) is 0 Å². The molecular weight excluding hydrogens is 416 g/mol. The van der Waals surface area contributed by atoms with Gasteiger partial charge in [-0.15, -0.1) is 10.2 Å². The maximum atomic E-state index is 8.49. The lowest BCUT2D eigenvalue weighted by Gasteiger charge is -2.17. The lowest BCUT2D eigenvalue weighted by molar-refractivity contribution is -2.00. The zero-order valence-electron chi connectivity index (χ0n) is 16.2. The minimum absolute atomic E-state index is 0.882. The summed E-state index contributed by atoms with van der Waals surface area (Å²) in [4.78, 5) is 0. The first-order valence-electron chi connectivity index (χ1n) is 9.40. The summed E-state index contributed by atoms with van der Waals surface area (Å²) in [7, 11) is -4.94. The zero-order valence-corrected chi connectivity index (χ0v) is 17.0. The van der Waals surface area contributed by atoms with Gasteiger partial charge in [-0.05, 0) is 33.2 Å². The highest BCUT2D eigenvalue weighted by Crippen LogP contribution is 2.34. The molecule has 154 valence electrons. The summed E-state index contributed by atoms with van der Waals surface area (Å²) < 4.78 is 39.9. The number of fused-ring (bicyclic) bond motifs is 2. The molecule has 5 aromatic rings. The molecule has 0 amide bonds. The number of rotatable bonds is 2. The minimum Gasteiger partial charge on any atom is -0.222 e. The summed E-state index contributed by atoms with van der Waals surface area (Å²) in [5, 5.41) is 4.92. The van der Waals surface area contributed by atoms with Crippen molar-refractivity contribution in [2.75, 3.05) is 0 Å². The molecule has 0 unspecified atom stereocenters. The molecule has 0 fully saturated rings. The van der Waals surface area contributed by atoms with E-state index in [0.29, 0.717) is 0 Å². The molecule has 0 bridgehead atoms. The summed E-state index contributed by atoms with van der Waals surface area (Å²) >= 11 is 0. The molecule has 0 aliphatic heterocycles. The standard InChI is InChI=1S/C25H17O.ClHO4/c1-3-11-21-18(7-1)9-5-13-23(21)20-15-16-26-25(17-20)24-14-6-10-19-8-2-4-12-22(19)24;2-1(3,4)5/h1-17H;(H,2,3,4,5)/q+1;/p-1. The molecule has 0 aliphatic rings. The quantitative estimate of drug-likeness (QED) is 0.398. The summed E-state index contributed by atoms with van der Waals surface area (Å²) in [6.45, 7) is 0. The highest BCUT2D eigenvalue weighted by molar-refractivity contribution is 5.99. The monoisotopic (exact) mass is 432 g/mol. The molecule has 6 heteroatoms. The van der Waals surface area contributed by atoms with Crippen molar-refractivity contribution in [3.05, 3.63) is 103 Å². The number of halogens is 1. The van der Waals surface area contributed by atoms with E-state index in [0.717, 1.165) is 16.9 Å². The van der Waals surface area contributed by atoms with Crippen LogP contribution in [0.2, 0.25) is 0 Å². The summed E-state index contributed by atoms with van der Waals surface area (Å²) in [5.74, 6) is 0.882. The summed E-state index contributed by atoms with van der Waals surface area (Å²) in [6.07, 6.45) is 1.79. The topological polar surface area (TPSA) is 104 Å². The van der Waals surface area contributed by atoms with E-state index in [1.165, 1.54) is 27.1 Å². The van der Waals surface area contributed by atoms with Crippen LogP contribution in [-0.4, -0.2) is 0 Å². The highest BCUT2D eigenvalue weighted by Gasteiger charge is 2.16. The van der Waals surface area contributed by atoms with Crippen molar-refractivity contribution in [2.45, 2.75) is 0 Å². The molecule has 4 aromatic carbocycles. The maximum Gasteiger partial charge on any atom is 0.360 e. The van der Waals surface area contributed by atoms with Crippen LogP contribution in [0.4, 0.5) is 0 Å². The molecule has 5 nitrogen and oxygen atoms in total. The van der Waals surface area contributed by atoms with E-state index in [-0.39, 0.29) is 0 Å². The van der Waals surface area contributed by atoms with Crippen molar-refractivity contribution >= 4 is 21.5 Å². The molecule has 5 rings (SSSR count). The fourth-order valence-corrected chi connectivity index (χ4v) is 3.63. The van der Waals surface area contributed by atoms with Gasteiger partial charge in [0.25, 0.3) is 0 Å². The first-order chi connectivity index (χ1) is 14.9. The number of benzene rings is 4. The molecule has 0 saturated heterocycles. The first kappa shape index (κ1) is 20.9. The van der Waals surface area contributed by atoms with Crippen molar-refractivity contribution in [3.63, 3.8) is 0 Å². The Kier molecular flexibility index (Phi) is 5.95. The third-order valence-corrected chi connectivity index (χ3v) is 4.88. The van der Waals surface area contributed by atoms with Crippen molar-refractivity contribution in [2.24, 2.45) is 0 Å². The molecule has 0 radical (unpaired) electrons. The van der Waals surface area contributed by atoms with Crippen molar-refractivity contribution in [1.82, 2.24) is 0 Å². The average Bonchev–Trinajstić information content (AvgIpc) is 2.77. The van der Waals surface area contributed by atoms with E-state index >= 15 is 0 Å². The van der Waals surface area contributed by atoms with E-state index in [1.807, 2.05) is 6.07 Å². The Labute approximate surface area is 180 Å². The lowest BCUT2D eigenvalue weighted by atomic mass is 9.97. The van der Waals surface area contributed by atoms with E-state index in [2.05, 4.69) is 91.0 Å². The molecule has 0 spiro atoms. The molecule has 31 heavy (non-hydrogen) atoms. The fourth-order valence-electron chi connectivity index (χ4n) is 3.63. The van der Waals surface area contributed by atoms with Crippen LogP contribution in [0.15, 0.2) is 108 Å². The van der Waals surface area contributed by atoms with Crippen LogP contribution < -0.4 is 18.6 Å². The van der Waals surface area contributed by atoms with Gasteiger partial charge in [-0.3, -0.25) is 0 Å². The van der Waals surface area contributed by atoms with Crippen LogP contribution in [0.25, 0.3) is 44.0 Å². The second-order valence-electron chi connectivity index (χ2n) is 6.82. The summed E-state index contributed by atoms with van der Waals surface area (Å²) in [6, 6.07) is 33.8. The molecule has 0 saturated carbocycles. The van der Waals surface area contributed by atoms with E-state index < -0.39 is 10.2 Å². The molecule has 1 heterocycles. The van der Waals surface area contributed by atoms with Gasteiger partial charge >= 0.3 is 12.0 Å². The van der Waals surface area contributed by atoms with E-state index in [1.54, 1.807) is 6.26 Å². The molecule has 0 N–H and O–H groups in total. The van der Waals surface area contributed by atoms with Crippen LogP contribution in [0.1, 0.15) is 0 Å². The summed E-state index contributed by atoms with van der Waals surface area (Å²) in [5.41, 5.74) is 3.50. The Hall–Kier alpha value is -3.32. The van der Waals surface area contributed by atoms with Gasteiger partial charge in [0.15, 0.2) is 0 Å². The third kappa shape index (κ3) is 5.06. The first-order valence-corrected chi connectivity index (χ1v) is 10.6. The second kappa shape index (κ2) is 8.81. The predicted octanol–water partition coefficient (Wildman–Crippen LogP) is 2.45. The van der Waals surface area contributed by atoms with E-state index in [9.17, 15) is 0 Å². The number of hydrogen-bond donors (Lipinski definition) is 0. The number of hydrogen-bond acceptors (Lipinski definition) is 4. The lowest BCUT2D eigenvalue weighted by Crippen LogP contribution is -2.68. The van der Waals surface area contributed by atoms with Gasteiger partial charge in [-0.1, -0.05) is 78.9 Å². The van der Waals surface area contributed by atoms with Crippen LogP contribution in [-0.2, 0) is 0 Å². The highest BCUT2D eigenvalue weighted by atomic mass is 35.7. The average molecular weight is 433 g/mol. The smallest absolute Gasteiger partial charge is 0.222 e. The van der Waals surface area contributed by atoms with Crippen LogP contribution in [0.5, 0.6) is 0 Å². The molecule has 0 atom stereocenters. The van der Waals surface area contributed by atoms with Gasteiger partial charge in [-0.25, -0.2) is 23.1 Å². The molecule has 0 aliphatic carbocycles. The third-order valence-electron chi connectivity index (χ3n) is 4.88. The maximum absolute atomic E-state index is 8.49. The normalized spacial score (nSPS) is 11.2. The molecule has 1 aromatic heterocycles. The Morgan fingerprint density at radius 3 is 1.65 bits per heavy atom. The van der Waals surface area contributed by atoms with Crippen molar-refractivity contribution in [3.8, 4) is 22.5 Å². The molecular formula is C25H17ClO5. The Morgan fingerprint density at radius 1 is 0.548 bits per heavy atom. The fraction of sp³-hybridized carbons (Fsp3) is 0. The van der Waals surface area contributed by atoms with Crippen molar-refractivity contribution < 1.29 is 33.3 Å². The van der Waals surface area contributed by atoms with Gasteiger partial charge in [0, 0.05) is 11.6 Å². The van der Waals surface area contributed by atoms with Gasteiger partial charge < -0.3 is 0 Å². The largest absolute Gasteiger partial charge is 0.360 e. The Morgan fingerprint density at radius 2 is 1.03 bits per heavy atom. The predicted molar refractivity (Wildman–Crippen MR) is 109 cm³/mol.